The van der Waals surface area contributed by atoms with Gasteiger partial charge in [0.2, 0.25) is 0 Å². The number of aromatic nitrogens is 1. The third kappa shape index (κ3) is 5.20. The van der Waals surface area contributed by atoms with Crippen molar-refractivity contribution in [2.75, 3.05) is 13.7 Å². The summed E-state index contributed by atoms with van der Waals surface area (Å²) in [7, 11) is 1.43. The minimum atomic E-state index is -0.876. The maximum atomic E-state index is 13.7. The second kappa shape index (κ2) is 10.9. The highest BCUT2D eigenvalue weighted by Crippen LogP contribution is 2.36. The van der Waals surface area contributed by atoms with Gasteiger partial charge < -0.3 is 14.2 Å². The van der Waals surface area contributed by atoms with E-state index in [2.05, 4.69) is 4.99 Å². The first kappa shape index (κ1) is 26.7. The van der Waals surface area contributed by atoms with E-state index in [0.29, 0.717) is 36.2 Å². The molecule has 37 heavy (non-hydrogen) atoms. The van der Waals surface area contributed by atoms with Crippen molar-refractivity contribution in [2.45, 2.75) is 26.8 Å². The molecule has 0 amide bonds. The lowest BCUT2D eigenvalue weighted by molar-refractivity contribution is -0.139. The average Bonchev–Trinajstić information content (AvgIpc) is 3.15. The number of carbonyl (C=O) groups excluding carboxylic acids is 2. The Balaban J connectivity index is 1.98. The first-order valence-electron chi connectivity index (χ1n) is 11.2. The number of hydrogen-bond acceptors (Lipinski definition) is 8. The van der Waals surface area contributed by atoms with Crippen LogP contribution in [-0.4, -0.2) is 30.2 Å². The Morgan fingerprint density at radius 3 is 2.49 bits per heavy atom. The van der Waals surface area contributed by atoms with Crippen LogP contribution in [0, 0.1) is 0 Å². The fraction of sp³-hybridized carbons (Fsp3) is 0.231. The molecule has 2 heterocycles. The number of fused-ring (bicyclic) bond motifs is 1. The van der Waals surface area contributed by atoms with Crippen molar-refractivity contribution in [1.29, 1.82) is 0 Å². The summed E-state index contributed by atoms with van der Waals surface area (Å²) in [4.78, 5) is 43.3. The molecule has 11 heteroatoms. The fourth-order valence-electron chi connectivity index (χ4n) is 3.98. The van der Waals surface area contributed by atoms with E-state index >= 15 is 0 Å². The van der Waals surface area contributed by atoms with Crippen molar-refractivity contribution in [2.24, 2.45) is 4.99 Å². The predicted octanol–water partition coefficient (Wildman–Crippen LogP) is 4.04. The van der Waals surface area contributed by atoms with Gasteiger partial charge >= 0.3 is 11.9 Å². The molecule has 1 atom stereocenters. The number of nitrogens with zero attached hydrogens (tertiary/aromatic N) is 2. The van der Waals surface area contributed by atoms with Crippen LogP contribution in [0.3, 0.4) is 0 Å². The number of carbonyl (C=O) groups is 2. The molecule has 0 radical (unpaired) electrons. The molecule has 1 aliphatic heterocycles. The zero-order chi connectivity index (χ0) is 26.9. The Bertz CT molecular complexity index is 1600. The van der Waals surface area contributed by atoms with Gasteiger partial charge in [0.05, 0.1) is 35.6 Å². The number of methoxy groups -OCH3 is 1. The maximum absolute atomic E-state index is 13.7. The number of thiazole rings is 1. The van der Waals surface area contributed by atoms with E-state index < -0.39 is 18.0 Å². The van der Waals surface area contributed by atoms with E-state index in [1.54, 1.807) is 56.3 Å². The molecule has 0 N–H and O–H groups in total. The first-order valence-corrected chi connectivity index (χ1v) is 12.7. The van der Waals surface area contributed by atoms with Crippen molar-refractivity contribution in [3.63, 3.8) is 0 Å². The van der Waals surface area contributed by atoms with Crippen LogP contribution in [0.25, 0.3) is 6.08 Å². The lowest BCUT2D eigenvalue weighted by Crippen LogP contribution is -2.40. The Labute approximate surface area is 226 Å². The molecule has 0 spiro atoms. The predicted molar refractivity (Wildman–Crippen MR) is 141 cm³/mol. The van der Waals surface area contributed by atoms with Gasteiger partial charge in [-0.25, -0.2) is 9.79 Å². The second-order valence-corrected chi connectivity index (χ2v) is 9.77. The summed E-state index contributed by atoms with van der Waals surface area (Å²) in [6.07, 6.45) is 1.61. The molecule has 2 aromatic carbocycles. The number of halogens is 2. The van der Waals surface area contributed by atoms with Crippen LogP contribution in [-0.2, 0) is 14.3 Å². The van der Waals surface area contributed by atoms with Gasteiger partial charge in [0, 0.05) is 22.5 Å². The van der Waals surface area contributed by atoms with Gasteiger partial charge in [-0.2, -0.15) is 0 Å². The molecule has 192 valence electrons. The monoisotopic (exact) mass is 560 g/mol. The molecule has 0 saturated carbocycles. The van der Waals surface area contributed by atoms with E-state index in [1.807, 2.05) is 0 Å². The number of ether oxygens (including phenoxy) is 3. The van der Waals surface area contributed by atoms with Crippen molar-refractivity contribution in [1.82, 2.24) is 4.57 Å². The van der Waals surface area contributed by atoms with Gasteiger partial charge in [0.1, 0.15) is 0 Å². The molecule has 0 saturated heterocycles. The molecule has 3 aromatic rings. The standard InChI is InChI=1S/C26H22Cl2N2O6S/c1-5-35-25(33)22-13(2)29-26-30(23(22)15-9-10-19(36-14(3)31)20(11-15)34-4)24(32)21(37-26)12-16-17(27)7-6-8-18(16)28/h6-12,23H,5H2,1-4H3. The minimum absolute atomic E-state index is 0.145. The summed E-state index contributed by atoms with van der Waals surface area (Å²) in [5, 5.41) is 0.785. The van der Waals surface area contributed by atoms with Crippen molar-refractivity contribution >= 4 is 52.6 Å². The van der Waals surface area contributed by atoms with Gasteiger partial charge in [-0.05, 0) is 49.8 Å². The summed E-state index contributed by atoms with van der Waals surface area (Å²) in [6, 6.07) is 9.02. The van der Waals surface area contributed by atoms with Gasteiger partial charge in [0.15, 0.2) is 16.3 Å². The number of hydrogen-bond donors (Lipinski definition) is 0. The highest BCUT2D eigenvalue weighted by atomic mass is 35.5. The molecule has 1 aliphatic rings. The summed E-state index contributed by atoms with van der Waals surface area (Å²) < 4.78 is 17.7. The van der Waals surface area contributed by atoms with Crippen molar-refractivity contribution in [3.8, 4) is 11.5 Å². The molecule has 1 aromatic heterocycles. The van der Waals surface area contributed by atoms with Gasteiger partial charge in [-0.15, -0.1) is 0 Å². The lowest BCUT2D eigenvalue weighted by Gasteiger charge is -2.25. The highest BCUT2D eigenvalue weighted by molar-refractivity contribution is 7.07. The van der Waals surface area contributed by atoms with Crippen molar-refractivity contribution < 1.29 is 23.8 Å². The van der Waals surface area contributed by atoms with Crippen LogP contribution in [0.15, 0.2) is 57.5 Å². The summed E-state index contributed by atoms with van der Waals surface area (Å²) in [5.74, 6) is -0.645. The topological polar surface area (TPSA) is 96.2 Å². The molecule has 4 rings (SSSR count). The third-order valence-corrected chi connectivity index (χ3v) is 7.19. The van der Waals surface area contributed by atoms with Crippen LogP contribution in [0.2, 0.25) is 10.0 Å². The quantitative estimate of drug-likeness (QED) is 0.333. The molecule has 0 bridgehead atoms. The lowest BCUT2D eigenvalue weighted by atomic mass is 9.95. The van der Waals surface area contributed by atoms with Crippen LogP contribution in [0.4, 0.5) is 0 Å². The maximum Gasteiger partial charge on any atom is 0.338 e. The Kier molecular flexibility index (Phi) is 7.87. The van der Waals surface area contributed by atoms with Gasteiger partial charge in [-0.1, -0.05) is 46.7 Å². The average molecular weight is 561 g/mol. The van der Waals surface area contributed by atoms with E-state index in [4.69, 9.17) is 37.4 Å². The molecule has 1 unspecified atom stereocenters. The van der Waals surface area contributed by atoms with Crippen LogP contribution in [0.5, 0.6) is 11.5 Å². The Morgan fingerprint density at radius 1 is 1.16 bits per heavy atom. The molecular formula is C26H22Cl2N2O6S. The van der Waals surface area contributed by atoms with Crippen LogP contribution >= 0.6 is 34.5 Å². The van der Waals surface area contributed by atoms with Crippen molar-refractivity contribution in [3.05, 3.63) is 88.5 Å². The molecule has 0 fully saturated rings. The number of rotatable bonds is 6. The van der Waals surface area contributed by atoms with E-state index in [-0.39, 0.29) is 29.2 Å². The summed E-state index contributed by atoms with van der Waals surface area (Å²) in [5.41, 5.74) is 1.27. The Morgan fingerprint density at radius 2 is 1.86 bits per heavy atom. The summed E-state index contributed by atoms with van der Waals surface area (Å²) in [6.45, 7) is 4.81. The minimum Gasteiger partial charge on any atom is -0.493 e. The summed E-state index contributed by atoms with van der Waals surface area (Å²) >= 11 is 13.8. The zero-order valence-corrected chi connectivity index (χ0v) is 22.7. The largest absolute Gasteiger partial charge is 0.493 e. The van der Waals surface area contributed by atoms with Crippen LogP contribution in [0.1, 0.15) is 37.9 Å². The third-order valence-electron chi connectivity index (χ3n) is 5.55. The second-order valence-electron chi connectivity index (χ2n) is 7.94. The molecule has 8 nitrogen and oxygen atoms in total. The highest BCUT2D eigenvalue weighted by Gasteiger charge is 2.34. The van der Waals surface area contributed by atoms with E-state index in [9.17, 15) is 14.4 Å². The molecular weight excluding hydrogens is 539 g/mol. The SMILES string of the molecule is CCOC(=O)C1=C(C)N=c2sc(=Cc3c(Cl)cccc3Cl)c(=O)n2C1c1ccc(OC(C)=O)c(OC)c1. The number of allylic oxidation sites excluding steroid dienone is 1. The molecule has 0 aliphatic carbocycles. The van der Waals surface area contributed by atoms with E-state index in [0.717, 1.165) is 11.3 Å². The zero-order valence-electron chi connectivity index (χ0n) is 20.3. The fourth-order valence-corrected chi connectivity index (χ4v) is 5.51. The number of esters is 2. The van der Waals surface area contributed by atoms with Crippen LogP contribution < -0.4 is 24.4 Å². The first-order chi connectivity index (χ1) is 17.7. The van der Waals surface area contributed by atoms with Gasteiger partial charge in [0.25, 0.3) is 5.56 Å². The normalized spacial score (nSPS) is 15.2. The number of benzene rings is 2. The van der Waals surface area contributed by atoms with Gasteiger partial charge in [-0.3, -0.25) is 14.2 Å². The van der Waals surface area contributed by atoms with E-state index in [1.165, 1.54) is 18.6 Å². The smallest absolute Gasteiger partial charge is 0.338 e. The Hall–Kier alpha value is -3.40.